The van der Waals surface area contributed by atoms with E-state index in [-0.39, 0.29) is 25.3 Å². The summed E-state index contributed by atoms with van der Waals surface area (Å²) < 4.78 is 0. The van der Waals surface area contributed by atoms with Crippen LogP contribution >= 0.6 is 0 Å². The minimum atomic E-state index is -1.05. The second-order valence-corrected chi connectivity index (χ2v) is 9.59. The summed E-state index contributed by atoms with van der Waals surface area (Å²) >= 11 is 0. The fourth-order valence-corrected chi connectivity index (χ4v) is 4.43. The van der Waals surface area contributed by atoms with E-state index in [0.717, 1.165) is 35.2 Å². The Morgan fingerprint density at radius 2 is 2.06 bits per heavy atom. The molecule has 0 spiro atoms. The molecule has 8 heteroatoms. The molecule has 1 saturated heterocycles. The van der Waals surface area contributed by atoms with Crippen LogP contribution in [0.3, 0.4) is 0 Å². The van der Waals surface area contributed by atoms with E-state index in [0.29, 0.717) is 13.0 Å². The first-order chi connectivity index (χ1) is 14.5. The summed E-state index contributed by atoms with van der Waals surface area (Å²) in [7, 11) is 1.67. The van der Waals surface area contributed by atoms with E-state index in [1.165, 1.54) is 4.90 Å². The number of aromatic nitrogens is 2. The van der Waals surface area contributed by atoms with E-state index in [9.17, 15) is 14.7 Å². The van der Waals surface area contributed by atoms with Crippen molar-refractivity contribution in [3.63, 3.8) is 0 Å². The molecule has 2 N–H and O–H groups in total. The normalized spacial score (nSPS) is 19.5. The zero-order valence-corrected chi connectivity index (χ0v) is 18.8. The number of carboxylic acid groups (broad SMARTS) is 1. The van der Waals surface area contributed by atoms with Crippen molar-refractivity contribution in [2.24, 2.45) is 5.41 Å². The molecular weight excluding hydrogens is 396 g/mol. The monoisotopic (exact) mass is 428 g/mol. The Bertz CT molecular complexity index is 977. The van der Waals surface area contributed by atoms with Gasteiger partial charge in [-0.05, 0) is 37.3 Å². The number of hydrogen-bond donors (Lipinski definition) is 2. The number of likely N-dealkylation sites (N-methyl/N-ethyl adjacent to an activating group) is 1. The molecular formula is C23H32N4O4. The number of pyridine rings is 2. The molecule has 0 unspecified atom stereocenters. The maximum absolute atomic E-state index is 12.7. The first-order valence-electron chi connectivity index (χ1n) is 10.6. The third kappa shape index (κ3) is 5.70. The predicted molar refractivity (Wildman–Crippen MR) is 119 cm³/mol. The molecule has 31 heavy (non-hydrogen) atoms. The van der Waals surface area contributed by atoms with Crippen molar-refractivity contribution in [1.29, 1.82) is 0 Å². The number of carbonyl (C=O) groups is 2. The Morgan fingerprint density at radius 1 is 1.32 bits per heavy atom. The standard InChI is InChI=1S/C23H32N4O4/c1-16-10-19(17-13-24-8-6-18(17)25-16)27-9-5-7-23(31,15-27)14-26(4)20(28)11-22(2,3)12-21(29)30/h6,8,10,13,31H,5,7,9,11-12,14-15H2,1-4H3,(H,29,30)/t23-/m0/s1. The minimum Gasteiger partial charge on any atom is -0.481 e. The highest BCUT2D eigenvalue weighted by Gasteiger charge is 2.37. The van der Waals surface area contributed by atoms with E-state index in [1.54, 1.807) is 33.3 Å². The van der Waals surface area contributed by atoms with Crippen LogP contribution in [0.25, 0.3) is 10.9 Å². The summed E-state index contributed by atoms with van der Waals surface area (Å²) in [5, 5.41) is 21.3. The molecule has 0 bridgehead atoms. The fourth-order valence-electron chi connectivity index (χ4n) is 4.43. The average molecular weight is 429 g/mol. The molecule has 8 nitrogen and oxygen atoms in total. The van der Waals surface area contributed by atoms with Crippen LogP contribution in [0, 0.1) is 12.3 Å². The molecule has 0 aliphatic carbocycles. The Morgan fingerprint density at radius 3 is 2.77 bits per heavy atom. The highest BCUT2D eigenvalue weighted by atomic mass is 16.4. The van der Waals surface area contributed by atoms with Crippen LogP contribution < -0.4 is 4.90 Å². The number of aryl methyl sites for hydroxylation is 1. The summed E-state index contributed by atoms with van der Waals surface area (Å²) in [4.78, 5) is 36.2. The first kappa shape index (κ1) is 22.9. The third-order valence-electron chi connectivity index (χ3n) is 5.83. The molecule has 1 aliphatic heterocycles. The molecule has 0 saturated carbocycles. The maximum atomic E-state index is 12.7. The highest BCUT2D eigenvalue weighted by Crippen LogP contribution is 2.32. The number of fused-ring (bicyclic) bond motifs is 1. The molecule has 3 rings (SSSR count). The minimum absolute atomic E-state index is 0.0763. The largest absolute Gasteiger partial charge is 0.481 e. The number of hydrogen-bond acceptors (Lipinski definition) is 6. The van der Waals surface area contributed by atoms with Gasteiger partial charge in [-0.3, -0.25) is 19.6 Å². The summed E-state index contributed by atoms with van der Waals surface area (Å²) in [6.45, 7) is 6.90. The lowest BCUT2D eigenvalue weighted by Crippen LogP contribution is -2.55. The number of carbonyl (C=O) groups excluding carboxylic acids is 1. The number of anilines is 1. The van der Waals surface area contributed by atoms with Crippen molar-refractivity contribution in [1.82, 2.24) is 14.9 Å². The van der Waals surface area contributed by atoms with Gasteiger partial charge < -0.3 is 20.0 Å². The third-order valence-corrected chi connectivity index (χ3v) is 5.83. The Kier molecular flexibility index (Phi) is 6.50. The lowest BCUT2D eigenvalue weighted by molar-refractivity contribution is -0.141. The van der Waals surface area contributed by atoms with Gasteiger partial charge in [0.2, 0.25) is 5.91 Å². The summed E-state index contributed by atoms with van der Waals surface area (Å²) in [5.74, 6) is -1.08. The van der Waals surface area contributed by atoms with Gasteiger partial charge in [0.1, 0.15) is 0 Å². The van der Waals surface area contributed by atoms with Gasteiger partial charge in [0.25, 0.3) is 0 Å². The Hall–Kier alpha value is -2.74. The number of amides is 1. The lowest BCUT2D eigenvalue weighted by Gasteiger charge is -2.42. The topological polar surface area (TPSA) is 107 Å². The molecule has 3 heterocycles. The number of carboxylic acids is 1. The second-order valence-electron chi connectivity index (χ2n) is 9.59. The number of piperidine rings is 1. The average Bonchev–Trinajstić information content (AvgIpc) is 2.65. The van der Waals surface area contributed by atoms with Crippen LogP contribution in [0.2, 0.25) is 0 Å². The molecule has 1 aliphatic rings. The van der Waals surface area contributed by atoms with Gasteiger partial charge in [-0.2, -0.15) is 0 Å². The van der Waals surface area contributed by atoms with Crippen LogP contribution in [0.5, 0.6) is 0 Å². The van der Waals surface area contributed by atoms with Crippen molar-refractivity contribution < 1.29 is 19.8 Å². The number of β-amino-alcohol motifs (C(OH)–C–C–N with tert-alkyl or cyclic N) is 1. The fraction of sp³-hybridized carbons (Fsp3) is 0.565. The second kappa shape index (κ2) is 8.78. The van der Waals surface area contributed by atoms with Crippen molar-refractivity contribution in [3.05, 3.63) is 30.2 Å². The Labute approximate surface area is 182 Å². The summed E-state index contributed by atoms with van der Waals surface area (Å²) in [6, 6.07) is 3.90. The summed E-state index contributed by atoms with van der Waals surface area (Å²) in [5.41, 5.74) is 1.07. The van der Waals surface area contributed by atoms with Crippen LogP contribution in [0.15, 0.2) is 24.5 Å². The van der Waals surface area contributed by atoms with Crippen LogP contribution in [-0.2, 0) is 9.59 Å². The highest BCUT2D eigenvalue weighted by molar-refractivity contribution is 5.91. The molecule has 0 aromatic carbocycles. The lowest BCUT2D eigenvalue weighted by atomic mass is 9.85. The zero-order valence-electron chi connectivity index (χ0n) is 18.8. The number of aliphatic hydroxyl groups is 1. The quantitative estimate of drug-likeness (QED) is 0.698. The number of nitrogens with zero attached hydrogens (tertiary/aromatic N) is 4. The molecule has 1 amide bonds. The van der Waals surface area contributed by atoms with Gasteiger partial charge in [-0.1, -0.05) is 13.8 Å². The van der Waals surface area contributed by atoms with E-state index in [1.807, 2.05) is 19.1 Å². The number of aliphatic carboxylic acids is 1. The van der Waals surface area contributed by atoms with Crippen molar-refractivity contribution in [2.45, 2.75) is 52.1 Å². The predicted octanol–water partition coefficient (Wildman–Crippen LogP) is 2.62. The summed E-state index contributed by atoms with van der Waals surface area (Å²) in [6.07, 6.45) is 4.96. The Balaban J connectivity index is 1.74. The van der Waals surface area contributed by atoms with Crippen LogP contribution in [0.1, 0.15) is 45.2 Å². The molecule has 0 radical (unpaired) electrons. The van der Waals surface area contributed by atoms with E-state index < -0.39 is 17.0 Å². The smallest absolute Gasteiger partial charge is 0.303 e. The van der Waals surface area contributed by atoms with Gasteiger partial charge >= 0.3 is 5.97 Å². The van der Waals surface area contributed by atoms with Crippen LogP contribution in [-0.4, -0.2) is 69.2 Å². The molecule has 1 fully saturated rings. The first-order valence-corrected chi connectivity index (χ1v) is 10.6. The SMILES string of the molecule is Cc1cc(N2CCC[C@](O)(CN(C)C(=O)CC(C)(C)CC(=O)O)C2)c2cnccc2n1. The molecule has 2 aromatic heterocycles. The van der Waals surface area contributed by atoms with Crippen molar-refractivity contribution in [3.8, 4) is 0 Å². The number of rotatable bonds is 7. The maximum Gasteiger partial charge on any atom is 0.303 e. The van der Waals surface area contributed by atoms with E-state index in [2.05, 4.69) is 14.9 Å². The van der Waals surface area contributed by atoms with Crippen LogP contribution in [0.4, 0.5) is 5.69 Å². The zero-order chi connectivity index (χ0) is 22.8. The van der Waals surface area contributed by atoms with E-state index in [4.69, 9.17) is 5.11 Å². The van der Waals surface area contributed by atoms with Crippen molar-refractivity contribution >= 4 is 28.5 Å². The molecule has 1 atom stereocenters. The molecule has 2 aromatic rings. The van der Waals surface area contributed by atoms with E-state index >= 15 is 0 Å². The van der Waals surface area contributed by atoms with Gasteiger partial charge in [-0.25, -0.2) is 0 Å². The van der Waals surface area contributed by atoms with Crippen molar-refractivity contribution in [2.75, 3.05) is 31.6 Å². The van der Waals surface area contributed by atoms with Gasteiger partial charge in [-0.15, -0.1) is 0 Å². The van der Waals surface area contributed by atoms with Gasteiger partial charge in [0.05, 0.1) is 24.1 Å². The van der Waals surface area contributed by atoms with Gasteiger partial charge in [0, 0.05) is 55.7 Å². The van der Waals surface area contributed by atoms with Gasteiger partial charge in [0.15, 0.2) is 0 Å². The molecule has 168 valence electrons.